The number of likely N-dealkylation sites (N-methyl/N-ethyl adjacent to an activating group) is 1. The van der Waals surface area contributed by atoms with Gasteiger partial charge in [-0.3, -0.25) is 10.1 Å². The molecule has 0 aliphatic carbocycles. The number of pyridine rings is 2. The molecule has 0 radical (unpaired) electrons. The molecule has 0 bridgehead atoms. The van der Waals surface area contributed by atoms with Crippen molar-refractivity contribution in [1.82, 2.24) is 35.0 Å². The van der Waals surface area contributed by atoms with E-state index in [0.717, 1.165) is 76.6 Å². The van der Waals surface area contributed by atoms with E-state index in [1.165, 1.54) is 5.56 Å². The lowest BCUT2D eigenvalue weighted by molar-refractivity contribution is 0.312. The predicted octanol–water partition coefficient (Wildman–Crippen LogP) is 3.62. The molecule has 2 N–H and O–H groups in total. The van der Waals surface area contributed by atoms with E-state index in [2.05, 4.69) is 67.1 Å². The molecule has 1 aliphatic heterocycles. The van der Waals surface area contributed by atoms with Crippen LogP contribution in [0.5, 0.6) is 0 Å². The number of imidazole rings is 1. The van der Waals surface area contributed by atoms with Crippen LogP contribution in [0.15, 0.2) is 48.9 Å². The minimum Gasteiger partial charge on any atom is -0.352 e. The van der Waals surface area contributed by atoms with E-state index < -0.39 is 0 Å². The average molecular weight is 425 g/mol. The number of piperazine rings is 1. The number of nitrogens with zero attached hydrogens (tertiary/aromatic N) is 6. The van der Waals surface area contributed by atoms with Gasteiger partial charge in [0.2, 0.25) is 0 Å². The lowest BCUT2D eigenvalue weighted by Gasteiger charge is -2.33. The summed E-state index contributed by atoms with van der Waals surface area (Å²) in [7, 11) is 2.15. The van der Waals surface area contributed by atoms with Gasteiger partial charge >= 0.3 is 0 Å². The normalized spacial score (nSPS) is 15.1. The van der Waals surface area contributed by atoms with E-state index in [9.17, 15) is 0 Å². The first-order chi connectivity index (χ1) is 15.7. The molecule has 5 heterocycles. The first kappa shape index (κ1) is 18.9. The first-order valence-corrected chi connectivity index (χ1v) is 10.8. The van der Waals surface area contributed by atoms with E-state index in [4.69, 9.17) is 4.98 Å². The van der Waals surface area contributed by atoms with Crippen LogP contribution in [0.4, 0.5) is 5.82 Å². The molecule has 0 atom stereocenters. The molecule has 0 unspecified atom stereocenters. The van der Waals surface area contributed by atoms with E-state index in [0.29, 0.717) is 0 Å². The van der Waals surface area contributed by atoms with Crippen molar-refractivity contribution in [2.75, 3.05) is 38.1 Å². The van der Waals surface area contributed by atoms with Crippen LogP contribution in [0.3, 0.4) is 0 Å². The maximum atomic E-state index is 4.95. The molecule has 6 rings (SSSR count). The zero-order valence-corrected chi connectivity index (χ0v) is 18.1. The van der Waals surface area contributed by atoms with Crippen molar-refractivity contribution < 1.29 is 0 Å². The number of aromatic nitrogens is 6. The number of benzene rings is 1. The van der Waals surface area contributed by atoms with Crippen molar-refractivity contribution >= 4 is 27.8 Å². The van der Waals surface area contributed by atoms with Crippen molar-refractivity contribution in [3.63, 3.8) is 0 Å². The fraction of sp³-hybridized carbons (Fsp3) is 0.250. The van der Waals surface area contributed by atoms with E-state index >= 15 is 0 Å². The summed E-state index contributed by atoms with van der Waals surface area (Å²) in [5, 5.41) is 8.77. The number of nitrogens with one attached hydrogen (secondary N) is 2. The maximum Gasteiger partial charge on any atom is 0.159 e. The lowest BCUT2D eigenvalue weighted by Crippen LogP contribution is -2.44. The highest BCUT2D eigenvalue weighted by Crippen LogP contribution is 2.32. The van der Waals surface area contributed by atoms with Crippen molar-refractivity contribution in [3.8, 4) is 22.6 Å². The molecule has 32 heavy (non-hydrogen) atoms. The third-order valence-electron chi connectivity index (χ3n) is 6.32. The van der Waals surface area contributed by atoms with Gasteiger partial charge in [-0.15, -0.1) is 0 Å². The Bertz CT molecular complexity index is 1420. The van der Waals surface area contributed by atoms with Gasteiger partial charge in [0.05, 0.1) is 11.0 Å². The summed E-state index contributed by atoms with van der Waals surface area (Å²) in [5.41, 5.74) is 7.07. The third kappa shape index (κ3) is 3.11. The average Bonchev–Trinajstić information content (AvgIpc) is 3.43. The summed E-state index contributed by atoms with van der Waals surface area (Å²) in [4.78, 5) is 22.0. The minimum absolute atomic E-state index is 0.745. The Morgan fingerprint density at radius 2 is 1.84 bits per heavy atom. The highest BCUT2D eigenvalue weighted by Gasteiger charge is 2.21. The van der Waals surface area contributed by atoms with Gasteiger partial charge in [-0.1, -0.05) is 6.07 Å². The second kappa shape index (κ2) is 7.42. The Labute approximate surface area is 185 Å². The van der Waals surface area contributed by atoms with Gasteiger partial charge in [-0.2, -0.15) is 5.10 Å². The highest BCUT2D eigenvalue weighted by molar-refractivity contribution is 5.97. The molecule has 0 saturated carbocycles. The van der Waals surface area contributed by atoms with Crippen LogP contribution in [0.2, 0.25) is 0 Å². The standard InChI is InChI=1S/C24H24N8/c1-15-5-7-25-14-18(15)16-3-4-19-17(13-16)21(30-29-19)23-27-20-6-8-26-24(22(20)28-23)32-11-9-31(2)10-12-32/h3-8,13-14H,9-12H2,1-2H3,(H,27,28)(H,29,30). The highest BCUT2D eigenvalue weighted by atomic mass is 15.3. The Hall–Kier alpha value is -3.78. The van der Waals surface area contributed by atoms with Crippen LogP contribution in [0, 0.1) is 6.92 Å². The lowest BCUT2D eigenvalue weighted by atomic mass is 10.0. The monoisotopic (exact) mass is 424 g/mol. The van der Waals surface area contributed by atoms with Crippen molar-refractivity contribution in [2.45, 2.75) is 6.92 Å². The number of rotatable bonds is 3. The minimum atomic E-state index is 0.745. The fourth-order valence-corrected chi connectivity index (χ4v) is 4.41. The molecule has 1 aliphatic rings. The largest absolute Gasteiger partial charge is 0.352 e. The van der Waals surface area contributed by atoms with E-state index in [1.807, 2.05) is 30.7 Å². The molecule has 0 amide bonds. The molecule has 160 valence electrons. The van der Waals surface area contributed by atoms with Gasteiger partial charge in [-0.05, 0) is 49.4 Å². The number of hydrogen-bond acceptors (Lipinski definition) is 6. The Balaban J connectivity index is 1.45. The summed E-state index contributed by atoms with van der Waals surface area (Å²) in [6.07, 6.45) is 5.58. The van der Waals surface area contributed by atoms with Gasteiger partial charge in [-0.25, -0.2) is 9.97 Å². The second-order valence-corrected chi connectivity index (χ2v) is 8.43. The van der Waals surface area contributed by atoms with E-state index in [-0.39, 0.29) is 0 Å². The van der Waals surface area contributed by atoms with Crippen LogP contribution in [-0.2, 0) is 0 Å². The van der Waals surface area contributed by atoms with Crippen LogP contribution in [-0.4, -0.2) is 68.3 Å². The third-order valence-corrected chi connectivity index (χ3v) is 6.32. The summed E-state index contributed by atoms with van der Waals surface area (Å²) in [6.45, 7) is 6.04. The molecule has 0 spiro atoms. The topological polar surface area (TPSA) is 89.6 Å². The Morgan fingerprint density at radius 1 is 0.969 bits per heavy atom. The number of hydrogen-bond donors (Lipinski definition) is 2. The van der Waals surface area contributed by atoms with Crippen molar-refractivity contribution in [2.24, 2.45) is 0 Å². The summed E-state index contributed by atoms with van der Waals surface area (Å²) in [6, 6.07) is 10.3. The number of anilines is 1. The summed E-state index contributed by atoms with van der Waals surface area (Å²) in [5.74, 6) is 1.68. The Kier molecular flexibility index (Phi) is 4.39. The fourth-order valence-electron chi connectivity index (χ4n) is 4.41. The number of H-pyrrole nitrogens is 2. The van der Waals surface area contributed by atoms with Gasteiger partial charge < -0.3 is 14.8 Å². The van der Waals surface area contributed by atoms with Crippen LogP contribution in [0.1, 0.15) is 5.56 Å². The molecular weight excluding hydrogens is 400 g/mol. The molecule has 1 saturated heterocycles. The number of aryl methyl sites for hydroxylation is 1. The van der Waals surface area contributed by atoms with Crippen LogP contribution in [0.25, 0.3) is 44.6 Å². The van der Waals surface area contributed by atoms with Crippen molar-refractivity contribution in [3.05, 3.63) is 54.5 Å². The van der Waals surface area contributed by atoms with Crippen molar-refractivity contribution in [1.29, 1.82) is 0 Å². The predicted molar refractivity (Wildman–Crippen MR) is 127 cm³/mol. The summed E-state index contributed by atoms with van der Waals surface area (Å²) >= 11 is 0. The van der Waals surface area contributed by atoms with Crippen LogP contribution < -0.4 is 4.90 Å². The number of fused-ring (bicyclic) bond motifs is 2. The molecule has 8 heteroatoms. The zero-order valence-electron chi connectivity index (χ0n) is 18.1. The van der Waals surface area contributed by atoms with Gasteiger partial charge in [0.15, 0.2) is 11.6 Å². The van der Waals surface area contributed by atoms with Crippen LogP contribution >= 0.6 is 0 Å². The zero-order chi connectivity index (χ0) is 21.7. The summed E-state index contributed by atoms with van der Waals surface area (Å²) < 4.78 is 0. The number of aromatic amines is 2. The molecule has 5 aromatic rings. The molecule has 1 fully saturated rings. The SMILES string of the molecule is Cc1ccncc1-c1ccc2[nH]nc(-c3nc4c(N5CCN(C)CC5)nccc4[nH]3)c2c1. The molecule has 8 nitrogen and oxygen atoms in total. The van der Waals surface area contributed by atoms with E-state index in [1.54, 1.807) is 0 Å². The smallest absolute Gasteiger partial charge is 0.159 e. The molecular formula is C24H24N8. The maximum absolute atomic E-state index is 4.95. The Morgan fingerprint density at radius 3 is 2.69 bits per heavy atom. The van der Waals surface area contributed by atoms with Gasteiger partial charge in [0.1, 0.15) is 11.2 Å². The first-order valence-electron chi connectivity index (χ1n) is 10.8. The second-order valence-electron chi connectivity index (χ2n) is 8.43. The molecule has 1 aromatic carbocycles. The molecule has 4 aromatic heterocycles. The van der Waals surface area contributed by atoms with Gasteiger partial charge in [0, 0.05) is 55.7 Å². The van der Waals surface area contributed by atoms with Gasteiger partial charge in [0.25, 0.3) is 0 Å². The quantitative estimate of drug-likeness (QED) is 0.460.